The molecule has 0 bridgehead atoms. The van der Waals surface area contributed by atoms with Gasteiger partial charge >= 0.3 is 11.9 Å². The Morgan fingerprint density at radius 2 is 1.57 bits per heavy atom. The van der Waals surface area contributed by atoms with Crippen LogP contribution in [-0.2, 0) is 14.4 Å². The largest absolute Gasteiger partial charge is 0.480 e. The molecule has 1 saturated heterocycles. The lowest BCUT2D eigenvalue weighted by molar-refractivity contribution is -0.140. The van der Waals surface area contributed by atoms with Crippen LogP contribution in [0, 0.1) is 0 Å². The minimum Gasteiger partial charge on any atom is -0.480 e. The molecule has 78 valence electrons. The molecule has 1 fully saturated rings. The van der Waals surface area contributed by atoms with Crippen LogP contribution >= 0.6 is 0 Å². The number of amides is 1. The third kappa shape index (κ3) is 1.68. The van der Waals surface area contributed by atoms with Crippen LogP contribution in [0.3, 0.4) is 0 Å². The standard InChI is InChI=1S/C8H11NO5/c1-2-3-4(10)9-5(7(11)12)6(9)8(13)14/h5-6H,2-3H2,1H3,(H,11,12)(H,13,14)/t5-,6-/m0/s1. The van der Waals surface area contributed by atoms with Gasteiger partial charge < -0.3 is 15.1 Å². The zero-order chi connectivity index (χ0) is 10.9. The number of carbonyl (C=O) groups excluding carboxylic acids is 1. The highest BCUT2D eigenvalue weighted by Crippen LogP contribution is 2.29. The summed E-state index contributed by atoms with van der Waals surface area (Å²) in [6, 6.07) is -2.35. The summed E-state index contributed by atoms with van der Waals surface area (Å²) in [7, 11) is 0. The molecule has 0 aliphatic carbocycles. The Kier molecular flexibility index (Phi) is 2.73. The number of rotatable bonds is 4. The number of hydrogen-bond donors (Lipinski definition) is 2. The minimum atomic E-state index is -1.26. The summed E-state index contributed by atoms with van der Waals surface area (Å²) in [5, 5.41) is 17.2. The van der Waals surface area contributed by atoms with Crippen molar-refractivity contribution in [1.82, 2.24) is 4.90 Å². The molecule has 1 aliphatic rings. The summed E-state index contributed by atoms with van der Waals surface area (Å²) in [4.78, 5) is 33.2. The molecule has 0 unspecified atom stereocenters. The van der Waals surface area contributed by atoms with Gasteiger partial charge in [-0.05, 0) is 6.42 Å². The van der Waals surface area contributed by atoms with Crippen LogP contribution in [0.2, 0.25) is 0 Å². The van der Waals surface area contributed by atoms with E-state index in [1.54, 1.807) is 6.92 Å². The van der Waals surface area contributed by atoms with Crippen LogP contribution in [0.4, 0.5) is 0 Å². The van der Waals surface area contributed by atoms with Crippen LogP contribution < -0.4 is 0 Å². The first-order valence-electron chi connectivity index (χ1n) is 4.27. The first-order valence-corrected chi connectivity index (χ1v) is 4.27. The van der Waals surface area contributed by atoms with Gasteiger partial charge in [-0.3, -0.25) is 4.79 Å². The zero-order valence-corrected chi connectivity index (χ0v) is 7.64. The third-order valence-corrected chi connectivity index (χ3v) is 2.07. The first-order chi connectivity index (χ1) is 6.50. The van der Waals surface area contributed by atoms with Crippen LogP contribution in [0.25, 0.3) is 0 Å². The molecule has 0 radical (unpaired) electrons. The van der Waals surface area contributed by atoms with Gasteiger partial charge in [0.2, 0.25) is 5.91 Å². The molecule has 0 spiro atoms. The van der Waals surface area contributed by atoms with E-state index in [4.69, 9.17) is 10.2 Å². The fourth-order valence-electron chi connectivity index (χ4n) is 1.39. The molecule has 14 heavy (non-hydrogen) atoms. The number of carboxylic acid groups (broad SMARTS) is 2. The average molecular weight is 201 g/mol. The fraction of sp³-hybridized carbons (Fsp3) is 0.625. The van der Waals surface area contributed by atoms with E-state index in [0.717, 1.165) is 4.90 Å². The fourth-order valence-corrected chi connectivity index (χ4v) is 1.39. The van der Waals surface area contributed by atoms with Gasteiger partial charge in [0.25, 0.3) is 0 Å². The Morgan fingerprint density at radius 3 is 1.86 bits per heavy atom. The molecule has 0 saturated carbocycles. The summed E-state index contributed by atoms with van der Waals surface area (Å²) >= 11 is 0. The second-order valence-electron chi connectivity index (χ2n) is 3.12. The van der Waals surface area contributed by atoms with Crippen molar-refractivity contribution in [2.24, 2.45) is 0 Å². The predicted molar refractivity (Wildman–Crippen MR) is 44.6 cm³/mol. The second kappa shape index (κ2) is 3.65. The molecule has 2 N–H and O–H groups in total. The van der Waals surface area contributed by atoms with Gasteiger partial charge in [-0.1, -0.05) is 6.92 Å². The van der Waals surface area contributed by atoms with Gasteiger partial charge in [0.05, 0.1) is 0 Å². The molecule has 1 rings (SSSR count). The van der Waals surface area contributed by atoms with E-state index in [0.29, 0.717) is 6.42 Å². The van der Waals surface area contributed by atoms with Crippen molar-refractivity contribution in [3.63, 3.8) is 0 Å². The van der Waals surface area contributed by atoms with Crippen molar-refractivity contribution in [1.29, 1.82) is 0 Å². The van der Waals surface area contributed by atoms with Crippen molar-refractivity contribution >= 4 is 17.8 Å². The highest BCUT2D eigenvalue weighted by molar-refractivity contribution is 5.99. The van der Waals surface area contributed by atoms with Crippen molar-refractivity contribution in [3.8, 4) is 0 Å². The van der Waals surface area contributed by atoms with E-state index < -0.39 is 29.9 Å². The lowest BCUT2D eigenvalue weighted by atomic mass is 10.3. The molecular formula is C8H11NO5. The van der Waals surface area contributed by atoms with E-state index in [1.165, 1.54) is 0 Å². The van der Waals surface area contributed by atoms with Crippen molar-refractivity contribution in [2.75, 3.05) is 0 Å². The molecule has 6 nitrogen and oxygen atoms in total. The van der Waals surface area contributed by atoms with Crippen molar-refractivity contribution < 1.29 is 24.6 Å². The van der Waals surface area contributed by atoms with Crippen LogP contribution in [-0.4, -0.2) is 45.0 Å². The number of nitrogens with zero attached hydrogens (tertiary/aromatic N) is 1. The Morgan fingerprint density at radius 1 is 1.14 bits per heavy atom. The lowest BCUT2D eigenvalue weighted by Gasteiger charge is -1.99. The van der Waals surface area contributed by atoms with E-state index in [2.05, 4.69) is 0 Å². The molecule has 2 atom stereocenters. The zero-order valence-electron chi connectivity index (χ0n) is 7.64. The van der Waals surface area contributed by atoms with E-state index >= 15 is 0 Å². The van der Waals surface area contributed by atoms with E-state index in [9.17, 15) is 14.4 Å². The Labute approximate surface area is 80.1 Å². The van der Waals surface area contributed by atoms with Crippen molar-refractivity contribution in [3.05, 3.63) is 0 Å². The summed E-state index contributed by atoms with van der Waals surface area (Å²) < 4.78 is 0. The van der Waals surface area contributed by atoms with Crippen molar-refractivity contribution in [2.45, 2.75) is 31.8 Å². The van der Waals surface area contributed by atoms with E-state index in [-0.39, 0.29) is 6.42 Å². The highest BCUT2D eigenvalue weighted by Gasteiger charge is 2.60. The Bertz CT molecular complexity index is 267. The molecule has 1 aliphatic heterocycles. The molecule has 1 heterocycles. The topological polar surface area (TPSA) is 94.7 Å². The normalized spacial score (nSPS) is 24.5. The maximum absolute atomic E-state index is 11.2. The molecule has 0 aromatic rings. The molecule has 0 aromatic heterocycles. The third-order valence-electron chi connectivity index (χ3n) is 2.07. The molecule has 0 aromatic carbocycles. The van der Waals surface area contributed by atoms with Gasteiger partial charge in [0.1, 0.15) is 0 Å². The van der Waals surface area contributed by atoms with Gasteiger partial charge in [0.15, 0.2) is 12.1 Å². The maximum atomic E-state index is 11.2. The number of hydrogen-bond acceptors (Lipinski definition) is 3. The second-order valence-corrected chi connectivity index (χ2v) is 3.12. The number of aliphatic carboxylic acids is 2. The van der Waals surface area contributed by atoms with Gasteiger partial charge in [-0.15, -0.1) is 0 Å². The van der Waals surface area contributed by atoms with Gasteiger partial charge in [-0.2, -0.15) is 0 Å². The summed E-state index contributed by atoms with van der Waals surface area (Å²) in [5.74, 6) is -2.93. The first kappa shape index (κ1) is 10.5. The molecular weight excluding hydrogens is 190 g/mol. The summed E-state index contributed by atoms with van der Waals surface area (Å²) in [6.07, 6.45) is 0.765. The lowest BCUT2D eigenvalue weighted by Crippen LogP contribution is -2.18. The van der Waals surface area contributed by atoms with Crippen LogP contribution in [0.5, 0.6) is 0 Å². The van der Waals surface area contributed by atoms with Crippen LogP contribution in [0.15, 0.2) is 0 Å². The SMILES string of the molecule is CCCC(=O)N1[C@H](C(=O)O)[C@H]1C(=O)O. The summed E-state index contributed by atoms with van der Waals surface area (Å²) in [6.45, 7) is 1.77. The molecule has 6 heteroatoms. The predicted octanol–water partition coefficient (Wildman–Crippen LogP) is -0.465. The quantitative estimate of drug-likeness (QED) is 0.600. The smallest absolute Gasteiger partial charge is 0.329 e. The number of carboxylic acids is 2. The molecule has 1 amide bonds. The maximum Gasteiger partial charge on any atom is 0.329 e. The monoisotopic (exact) mass is 201 g/mol. The highest BCUT2D eigenvalue weighted by atomic mass is 16.4. The summed E-state index contributed by atoms with van der Waals surface area (Å²) in [5.41, 5.74) is 0. The van der Waals surface area contributed by atoms with Gasteiger partial charge in [0, 0.05) is 6.42 Å². The minimum absolute atomic E-state index is 0.188. The van der Waals surface area contributed by atoms with E-state index in [1.807, 2.05) is 0 Å². The number of carbonyl (C=O) groups is 3. The van der Waals surface area contributed by atoms with Gasteiger partial charge in [-0.25, -0.2) is 9.59 Å². The average Bonchev–Trinajstić information content (AvgIpc) is 2.78. The van der Waals surface area contributed by atoms with Crippen LogP contribution in [0.1, 0.15) is 19.8 Å². The Hall–Kier alpha value is -1.59. The Balaban J connectivity index is 2.67.